The average Bonchev–Trinajstić information content (AvgIpc) is 2.90. The van der Waals surface area contributed by atoms with E-state index in [0.717, 1.165) is 12.0 Å². The van der Waals surface area contributed by atoms with Crippen molar-refractivity contribution in [2.24, 2.45) is 0 Å². The molecule has 3 aromatic carbocycles. The molecule has 4 rings (SSSR count). The van der Waals surface area contributed by atoms with Crippen molar-refractivity contribution < 1.29 is 23.9 Å². The molecule has 0 radical (unpaired) electrons. The topological polar surface area (TPSA) is 97.0 Å². The highest BCUT2D eigenvalue weighted by Crippen LogP contribution is 2.30. The zero-order valence-corrected chi connectivity index (χ0v) is 20.1. The Morgan fingerprint density at radius 1 is 1.06 bits per heavy atom. The van der Waals surface area contributed by atoms with Crippen molar-refractivity contribution in [3.63, 3.8) is 0 Å². The van der Waals surface area contributed by atoms with Crippen molar-refractivity contribution in [3.8, 4) is 11.5 Å². The Morgan fingerprint density at radius 2 is 1.83 bits per heavy atom. The maximum atomic E-state index is 13.1. The zero-order valence-electron chi connectivity index (χ0n) is 20.1. The second-order valence-corrected chi connectivity index (χ2v) is 8.12. The minimum Gasteiger partial charge on any atom is -0.493 e. The van der Waals surface area contributed by atoms with Gasteiger partial charge in [0.25, 0.3) is 5.91 Å². The lowest BCUT2D eigenvalue weighted by Gasteiger charge is -2.29. The maximum absolute atomic E-state index is 13.1. The number of benzene rings is 3. The first kappa shape index (κ1) is 24.5. The van der Waals surface area contributed by atoms with Gasteiger partial charge in [-0.15, -0.1) is 0 Å². The number of anilines is 3. The second kappa shape index (κ2) is 11.2. The third-order valence-corrected chi connectivity index (χ3v) is 5.49. The number of hydrogen-bond donors (Lipinski definition) is 2. The number of para-hydroxylation sites is 2. The number of nitrogens with one attached hydrogen (secondary N) is 2. The van der Waals surface area contributed by atoms with Crippen LogP contribution in [-0.4, -0.2) is 38.0 Å². The summed E-state index contributed by atoms with van der Waals surface area (Å²) in [6.07, 6.45) is 3.99. The molecule has 0 spiro atoms. The SMILES string of the molecule is CCCOc1ccc(/C=C/C(=O)Nc2ccc(C(=O)N3CC(=O)Nc4ccccc43)cc2)cc1OC. The highest BCUT2D eigenvalue weighted by molar-refractivity contribution is 6.15. The third kappa shape index (κ3) is 5.72. The van der Waals surface area contributed by atoms with Crippen LogP contribution in [0.2, 0.25) is 0 Å². The fraction of sp³-hybridized carbons (Fsp3) is 0.179. The van der Waals surface area contributed by atoms with Crippen LogP contribution in [0.25, 0.3) is 6.08 Å². The van der Waals surface area contributed by atoms with Crippen molar-refractivity contribution >= 4 is 40.9 Å². The fourth-order valence-electron chi connectivity index (χ4n) is 3.74. The van der Waals surface area contributed by atoms with Gasteiger partial charge in [-0.3, -0.25) is 19.3 Å². The van der Waals surface area contributed by atoms with Crippen LogP contribution in [-0.2, 0) is 9.59 Å². The quantitative estimate of drug-likeness (QED) is 0.450. The van der Waals surface area contributed by atoms with Crippen LogP contribution in [0.1, 0.15) is 29.3 Å². The molecule has 8 nitrogen and oxygen atoms in total. The second-order valence-electron chi connectivity index (χ2n) is 8.12. The molecule has 1 aliphatic heterocycles. The molecule has 0 fully saturated rings. The number of carbonyl (C=O) groups is 3. The molecule has 3 amide bonds. The van der Waals surface area contributed by atoms with E-state index < -0.39 is 0 Å². The lowest BCUT2D eigenvalue weighted by Crippen LogP contribution is -2.42. The lowest BCUT2D eigenvalue weighted by molar-refractivity contribution is -0.115. The average molecular weight is 486 g/mol. The van der Waals surface area contributed by atoms with Crippen molar-refractivity contribution in [3.05, 3.63) is 83.9 Å². The van der Waals surface area contributed by atoms with Crippen molar-refractivity contribution in [2.45, 2.75) is 13.3 Å². The van der Waals surface area contributed by atoms with Crippen LogP contribution in [0.15, 0.2) is 72.8 Å². The fourth-order valence-corrected chi connectivity index (χ4v) is 3.74. The van der Waals surface area contributed by atoms with Crippen LogP contribution in [0.5, 0.6) is 11.5 Å². The van der Waals surface area contributed by atoms with E-state index in [-0.39, 0.29) is 24.3 Å². The molecule has 0 saturated carbocycles. The van der Waals surface area contributed by atoms with E-state index in [4.69, 9.17) is 9.47 Å². The minimum absolute atomic E-state index is 0.0599. The molecule has 184 valence electrons. The Labute approximate surface area is 209 Å². The van der Waals surface area contributed by atoms with E-state index in [9.17, 15) is 14.4 Å². The summed E-state index contributed by atoms with van der Waals surface area (Å²) in [7, 11) is 1.57. The number of ether oxygens (including phenoxy) is 2. The molecule has 3 aromatic rings. The van der Waals surface area contributed by atoms with E-state index >= 15 is 0 Å². The summed E-state index contributed by atoms with van der Waals surface area (Å²) in [6.45, 7) is 2.57. The maximum Gasteiger partial charge on any atom is 0.258 e. The summed E-state index contributed by atoms with van der Waals surface area (Å²) in [5.41, 5.74) is 2.98. The zero-order chi connectivity index (χ0) is 25.5. The summed E-state index contributed by atoms with van der Waals surface area (Å²) in [5, 5.41) is 5.55. The first-order valence-corrected chi connectivity index (χ1v) is 11.6. The highest BCUT2D eigenvalue weighted by Gasteiger charge is 2.27. The summed E-state index contributed by atoms with van der Waals surface area (Å²) < 4.78 is 11.0. The molecule has 0 atom stereocenters. The van der Waals surface area contributed by atoms with Gasteiger partial charge >= 0.3 is 0 Å². The Kier molecular flexibility index (Phi) is 7.65. The molecule has 36 heavy (non-hydrogen) atoms. The summed E-state index contributed by atoms with van der Waals surface area (Å²) >= 11 is 0. The van der Waals surface area contributed by atoms with Crippen LogP contribution >= 0.6 is 0 Å². The van der Waals surface area contributed by atoms with Gasteiger partial charge in [-0.05, 0) is 66.6 Å². The first-order chi connectivity index (χ1) is 17.5. The molecule has 1 heterocycles. The number of nitrogens with zero attached hydrogens (tertiary/aromatic N) is 1. The number of rotatable bonds is 8. The minimum atomic E-state index is -0.319. The van der Waals surface area contributed by atoms with Crippen LogP contribution in [0.4, 0.5) is 17.1 Å². The van der Waals surface area contributed by atoms with Crippen molar-refractivity contribution in [2.75, 3.05) is 35.8 Å². The molecular formula is C28H27N3O5. The summed E-state index contributed by atoms with van der Waals surface area (Å²) in [6, 6.07) is 19.2. The molecule has 0 aromatic heterocycles. The smallest absolute Gasteiger partial charge is 0.258 e. The van der Waals surface area contributed by atoms with E-state index in [1.807, 2.05) is 25.1 Å². The van der Waals surface area contributed by atoms with Gasteiger partial charge in [-0.1, -0.05) is 25.1 Å². The molecule has 0 unspecified atom stereocenters. The molecule has 0 saturated heterocycles. The Morgan fingerprint density at radius 3 is 2.58 bits per heavy atom. The van der Waals surface area contributed by atoms with Gasteiger partial charge < -0.3 is 20.1 Å². The van der Waals surface area contributed by atoms with Gasteiger partial charge in [-0.2, -0.15) is 0 Å². The van der Waals surface area contributed by atoms with E-state index in [0.29, 0.717) is 40.7 Å². The molecule has 1 aliphatic rings. The Hall–Kier alpha value is -4.59. The number of hydrogen-bond acceptors (Lipinski definition) is 5. The monoisotopic (exact) mass is 485 g/mol. The van der Waals surface area contributed by atoms with Gasteiger partial charge in [-0.25, -0.2) is 0 Å². The van der Waals surface area contributed by atoms with E-state index in [2.05, 4.69) is 10.6 Å². The van der Waals surface area contributed by atoms with Gasteiger partial charge in [0.1, 0.15) is 6.54 Å². The lowest BCUT2D eigenvalue weighted by atomic mass is 10.1. The number of carbonyl (C=O) groups excluding carboxylic acids is 3. The number of amides is 3. The van der Waals surface area contributed by atoms with Gasteiger partial charge in [0.05, 0.1) is 25.1 Å². The molecular weight excluding hydrogens is 458 g/mol. The molecule has 0 aliphatic carbocycles. The van der Waals surface area contributed by atoms with Crippen LogP contribution < -0.4 is 25.0 Å². The standard InChI is InChI=1S/C28H27N3O5/c1-3-16-36-24-14-8-19(17-25(24)35-2)9-15-26(32)29-21-12-10-20(11-13-21)28(34)31-18-27(33)30-22-6-4-5-7-23(22)31/h4-15,17H,3,16,18H2,1-2H3,(H,29,32)(H,30,33)/b15-9+. The van der Waals surface area contributed by atoms with Gasteiger partial charge in [0.2, 0.25) is 11.8 Å². The highest BCUT2D eigenvalue weighted by atomic mass is 16.5. The largest absolute Gasteiger partial charge is 0.493 e. The molecule has 0 bridgehead atoms. The van der Waals surface area contributed by atoms with Gasteiger partial charge in [0.15, 0.2) is 11.5 Å². The van der Waals surface area contributed by atoms with E-state index in [1.54, 1.807) is 61.7 Å². The van der Waals surface area contributed by atoms with E-state index in [1.165, 1.54) is 11.0 Å². The number of fused-ring (bicyclic) bond motifs is 1. The third-order valence-electron chi connectivity index (χ3n) is 5.49. The Balaban J connectivity index is 1.40. The van der Waals surface area contributed by atoms with Crippen molar-refractivity contribution in [1.29, 1.82) is 0 Å². The first-order valence-electron chi connectivity index (χ1n) is 11.6. The predicted octanol–water partition coefficient (Wildman–Crippen LogP) is 4.73. The Bertz CT molecular complexity index is 1300. The van der Waals surface area contributed by atoms with Gasteiger partial charge in [0, 0.05) is 17.3 Å². The normalized spacial score (nSPS) is 12.6. The molecule has 8 heteroatoms. The summed E-state index contributed by atoms with van der Waals surface area (Å²) in [4.78, 5) is 39.0. The predicted molar refractivity (Wildman–Crippen MR) is 140 cm³/mol. The van der Waals surface area contributed by atoms with Crippen LogP contribution in [0.3, 0.4) is 0 Å². The van der Waals surface area contributed by atoms with Crippen molar-refractivity contribution in [1.82, 2.24) is 0 Å². The van der Waals surface area contributed by atoms with Crippen LogP contribution in [0, 0.1) is 0 Å². The molecule has 2 N–H and O–H groups in total. The summed E-state index contributed by atoms with van der Waals surface area (Å²) in [5.74, 6) is 0.388. The number of methoxy groups -OCH3 is 1.